The van der Waals surface area contributed by atoms with Crippen molar-refractivity contribution in [3.05, 3.63) is 47.2 Å². The topological polar surface area (TPSA) is 121 Å². The van der Waals surface area contributed by atoms with Crippen LogP contribution in [-0.2, 0) is 28.5 Å². The van der Waals surface area contributed by atoms with E-state index in [4.69, 9.17) is 28.8 Å². The number of carbonyl (C=O) groups excluding carboxylic acids is 1. The predicted molar refractivity (Wildman–Crippen MR) is 110 cm³/mol. The van der Waals surface area contributed by atoms with E-state index in [9.17, 15) is 14.7 Å². The maximum absolute atomic E-state index is 11.7. The number of carboxylic acids is 1. The van der Waals surface area contributed by atoms with Gasteiger partial charge in [-0.1, -0.05) is 12.1 Å². The van der Waals surface area contributed by atoms with Gasteiger partial charge in [0.15, 0.2) is 0 Å². The molecule has 9 heteroatoms. The van der Waals surface area contributed by atoms with Crippen LogP contribution in [0.3, 0.4) is 0 Å². The highest BCUT2D eigenvalue weighted by Gasteiger charge is 2.38. The second-order valence-corrected chi connectivity index (χ2v) is 6.82. The maximum Gasteiger partial charge on any atom is 0.370 e. The third-order valence-corrected chi connectivity index (χ3v) is 4.85. The van der Waals surface area contributed by atoms with E-state index in [1.54, 1.807) is 30.3 Å². The van der Waals surface area contributed by atoms with Crippen LogP contribution < -0.4 is 0 Å². The Morgan fingerprint density at radius 3 is 2.32 bits per heavy atom. The van der Waals surface area contributed by atoms with Gasteiger partial charge in [0.1, 0.15) is 0 Å². The number of esters is 1. The van der Waals surface area contributed by atoms with E-state index in [-0.39, 0.29) is 30.8 Å². The molecular weight excluding hydrogens is 408 g/mol. The number of hydrogen-bond donors (Lipinski definition) is 2. The molecule has 1 aliphatic rings. The number of aliphatic hydroxyl groups excluding tert-OH is 1. The Bertz CT molecular complexity index is 729. The Balaban J connectivity index is 2.17. The molecule has 0 saturated heterocycles. The van der Waals surface area contributed by atoms with Crippen LogP contribution in [0.4, 0.5) is 0 Å². The van der Waals surface area contributed by atoms with Crippen molar-refractivity contribution in [1.29, 1.82) is 0 Å². The van der Waals surface area contributed by atoms with Gasteiger partial charge in [-0.25, -0.2) is 9.59 Å². The average Bonchev–Trinajstić information content (AvgIpc) is 2.78. The van der Waals surface area contributed by atoms with E-state index in [1.807, 2.05) is 6.92 Å². The largest absolute Gasteiger partial charge is 0.475 e. The second kappa shape index (κ2) is 13.1. The van der Waals surface area contributed by atoms with Gasteiger partial charge < -0.3 is 33.9 Å². The summed E-state index contributed by atoms with van der Waals surface area (Å²) in [6.07, 6.45) is 1.37. The summed E-state index contributed by atoms with van der Waals surface area (Å²) in [7, 11) is 1.31. The van der Waals surface area contributed by atoms with Gasteiger partial charge in [0.2, 0.25) is 12.0 Å². The molecule has 0 amide bonds. The van der Waals surface area contributed by atoms with Gasteiger partial charge in [0, 0.05) is 25.0 Å². The summed E-state index contributed by atoms with van der Waals surface area (Å²) in [6.45, 7) is 3.54. The molecule has 0 bridgehead atoms. The summed E-state index contributed by atoms with van der Waals surface area (Å²) in [5.74, 6) is -2.30. The molecule has 1 heterocycles. The Labute approximate surface area is 181 Å². The van der Waals surface area contributed by atoms with Crippen LogP contribution in [0.2, 0.25) is 0 Å². The first-order valence-corrected chi connectivity index (χ1v) is 10.2. The maximum atomic E-state index is 11.7. The highest BCUT2D eigenvalue weighted by molar-refractivity contribution is 5.89. The summed E-state index contributed by atoms with van der Waals surface area (Å²) >= 11 is 0. The average molecular weight is 438 g/mol. The minimum atomic E-state index is -1.17. The lowest BCUT2D eigenvalue weighted by Crippen LogP contribution is -2.37. The van der Waals surface area contributed by atoms with E-state index in [2.05, 4.69) is 0 Å². The lowest BCUT2D eigenvalue weighted by atomic mass is 9.81. The molecule has 3 atom stereocenters. The number of methoxy groups -OCH3 is 1. The second-order valence-electron chi connectivity index (χ2n) is 6.82. The van der Waals surface area contributed by atoms with Crippen molar-refractivity contribution in [3.63, 3.8) is 0 Å². The van der Waals surface area contributed by atoms with Gasteiger partial charge in [-0.15, -0.1) is 0 Å². The number of rotatable bonds is 13. The third-order valence-electron chi connectivity index (χ3n) is 4.85. The zero-order chi connectivity index (χ0) is 22.6. The molecule has 0 aromatic heterocycles. The predicted octanol–water partition coefficient (Wildman–Crippen LogP) is 1.95. The van der Waals surface area contributed by atoms with Gasteiger partial charge in [-0.2, -0.15) is 0 Å². The van der Waals surface area contributed by atoms with Crippen LogP contribution in [-0.4, -0.2) is 75.2 Å². The van der Waals surface area contributed by atoms with Gasteiger partial charge in [0.05, 0.1) is 39.1 Å². The molecule has 0 saturated carbocycles. The summed E-state index contributed by atoms with van der Waals surface area (Å²) in [5.41, 5.74) is 1.24. The number of hydrogen-bond acceptors (Lipinski definition) is 8. The molecular formula is C22H30O9. The number of ether oxygens (including phenoxy) is 5. The number of allylic oxidation sites excluding steroid dienone is 1. The third kappa shape index (κ3) is 7.32. The number of carbonyl (C=O) groups is 2. The molecule has 0 fully saturated rings. The smallest absolute Gasteiger partial charge is 0.370 e. The summed E-state index contributed by atoms with van der Waals surface area (Å²) in [6, 6.07) is 6.84. The molecule has 0 radical (unpaired) electrons. The molecule has 3 unspecified atom stereocenters. The zero-order valence-corrected chi connectivity index (χ0v) is 17.8. The fourth-order valence-electron chi connectivity index (χ4n) is 3.38. The van der Waals surface area contributed by atoms with Crippen LogP contribution in [0.1, 0.15) is 35.2 Å². The van der Waals surface area contributed by atoms with Crippen molar-refractivity contribution in [1.82, 2.24) is 0 Å². The molecule has 172 valence electrons. The van der Waals surface area contributed by atoms with E-state index < -0.39 is 18.2 Å². The SMILES string of the molecule is CCOC1OC(C(=O)O)=CC(c2ccc(C(=O)OC)cc2)C1CCOCCOCCO. The molecule has 2 rings (SSSR count). The van der Waals surface area contributed by atoms with Crippen LogP contribution in [0.15, 0.2) is 36.1 Å². The monoisotopic (exact) mass is 438 g/mol. The number of aliphatic carboxylic acids is 1. The van der Waals surface area contributed by atoms with Crippen LogP contribution >= 0.6 is 0 Å². The van der Waals surface area contributed by atoms with Crippen molar-refractivity contribution in [3.8, 4) is 0 Å². The lowest BCUT2D eigenvalue weighted by molar-refractivity contribution is -0.174. The number of benzene rings is 1. The minimum Gasteiger partial charge on any atom is -0.475 e. The summed E-state index contributed by atoms with van der Waals surface area (Å²) in [5, 5.41) is 18.2. The van der Waals surface area contributed by atoms with E-state index in [0.29, 0.717) is 38.4 Å². The molecule has 2 N–H and O–H groups in total. The highest BCUT2D eigenvalue weighted by atomic mass is 16.7. The Morgan fingerprint density at radius 1 is 1.06 bits per heavy atom. The van der Waals surface area contributed by atoms with Crippen LogP contribution in [0.25, 0.3) is 0 Å². The molecule has 9 nitrogen and oxygen atoms in total. The van der Waals surface area contributed by atoms with Crippen molar-refractivity contribution in [2.75, 3.05) is 46.8 Å². The summed E-state index contributed by atoms with van der Waals surface area (Å²) < 4.78 is 26.8. The zero-order valence-electron chi connectivity index (χ0n) is 17.8. The van der Waals surface area contributed by atoms with Gasteiger partial charge in [0.25, 0.3) is 0 Å². The Hall–Kier alpha value is -2.46. The Morgan fingerprint density at radius 2 is 1.74 bits per heavy atom. The standard InChI is InChI=1S/C22H30O9/c1-3-30-22-17(8-10-28-12-13-29-11-9-23)18(14-19(31-22)20(24)25)15-4-6-16(7-5-15)21(26)27-2/h4-7,14,17-18,22-23H,3,8-13H2,1-2H3,(H,24,25). The molecule has 31 heavy (non-hydrogen) atoms. The quantitative estimate of drug-likeness (QED) is 0.352. The van der Waals surface area contributed by atoms with Gasteiger partial charge in [-0.05, 0) is 37.1 Å². The first kappa shape index (κ1) is 24.8. The van der Waals surface area contributed by atoms with Crippen molar-refractivity contribution in [2.24, 2.45) is 5.92 Å². The molecule has 0 aliphatic carbocycles. The van der Waals surface area contributed by atoms with E-state index in [0.717, 1.165) is 5.56 Å². The van der Waals surface area contributed by atoms with E-state index >= 15 is 0 Å². The van der Waals surface area contributed by atoms with Crippen molar-refractivity contribution in [2.45, 2.75) is 25.6 Å². The number of carboxylic acid groups (broad SMARTS) is 1. The first-order chi connectivity index (χ1) is 15.0. The van der Waals surface area contributed by atoms with Crippen molar-refractivity contribution >= 4 is 11.9 Å². The van der Waals surface area contributed by atoms with Crippen LogP contribution in [0.5, 0.6) is 0 Å². The lowest BCUT2D eigenvalue weighted by Gasteiger charge is -2.36. The van der Waals surface area contributed by atoms with Crippen LogP contribution in [0, 0.1) is 5.92 Å². The van der Waals surface area contributed by atoms with Crippen molar-refractivity contribution < 1.29 is 43.5 Å². The fraction of sp³-hybridized carbons (Fsp3) is 0.545. The highest BCUT2D eigenvalue weighted by Crippen LogP contribution is 2.38. The van der Waals surface area contributed by atoms with E-state index in [1.165, 1.54) is 7.11 Å². The molecule has 1 aromatic rings. The minimum absolute atomic E-state index is 0.0376. The normalized spacial score (nSPS) is 20.6. The Kier molecular flexibility index (Phi) is 10.5. The first-order valence-electron chi connectivity index (χ1n) is 10.2. The van der Waals surface area contributed by atoms with Gasteiger partial charge in [-0.3, -0.25) is 0 Å². The number of aliphatic hydroxyl groups is 1. The molecule has 0 spiro atoms. The summed E-state index contributed by atoms with van der Waals surface area (Å²) in [4.78, 5) is 23.3. The van der Waals surface area contributed by atoms with Gasteiger partial charge >= 0.3 is 11.9 Å². The fourth-order valence-corrected chi connectivity index (χ4v) is 3.38. The molecule has 1 aromatic carbocycles. The molecule has 1 aliphatic heterocycles.